The van der Waals surface area contributed by atoms with Gasteiger partial charge in [-0.3, -0.25) is 4.79 Å². The lowest BCUT2D eigenvalue weighted by Gasteiger charge is -2.08. The Kier molecular flexibility index (Phi) is 4.57. The summed E-state index contributed by atoms with van der Waals surface area (Å²) in [4.78, 5) is 12.1. The molecule has 120 valence electrons. The first-order valence-corrected chi connectivity index (χ1v) is 7.52. The van der Waals surface area contributed by atoms with Crippen molar-refractivity contribution in [2.45, 2.75) is 6.92 Å². The molecule has 0 aliphatic carbocycles. The van der Waals surface area contributed by atoms with E-state index >= 15 is 0 Å². The van der Waals surface area contributed by atoms with Gasteiger partial charge in [0.1, 0.15) is 17.3 Å². The molecule has 0 radical (unpaired) electrons. The van der Waals surface area contributed by atoms with Gasteiger partial charge in [0.05, 0.1) is 0 Å². The van der Waals surface area contributed by atoms with Crippen LogP contribution in [0.4, 0.5) is 10.1 Å². The number of nitrogens with one attached hydrogen (secondary N) is 1. The minimum atomic E-state index is -0.371. The van der Waals surface area contributed by atoms with Gasteiger partial charge in [-0.25, -0.2) is 4.39 Å². The van der Waals surface area contributed by atoms with E-state index in [1.54, 1.807) is 24.3 Å². The summed E-state index contributed by atoms with van der Waals surface area (Å²) >= 11 is 0. The largest absolute Gasteiger partial charge is 0.457 e. The van der Waals surface area contributed by atoms with Crippen LogP contribution in [-0.2, 0) is 0 Å². The van der Waals surface area contributed by atoms with Gasteiger partial charge in [0, 0.05) is 11.3 Å². The van der Waals surface area contributed by atoms with Crippen molar-refractivity contribution in [2.24, 2.45) is 0 Å². The van der Waals surface area contributed by atoms with Crippen LogP contribution in [0.1, 0.15) is 15.9 Å². The number of carbonyl (C=O) groups is 1. The molecule has 0 aliphatic rings. The number of hydrogen-bond donors (Lipinski definition) is 1. The summed E-state index contributed by atoms with van der Waals surface area (Å²) in [5.41, 5.74) is 2.16. The summed E-state index contributed by atoms with van der Waals surface area (Å²) in [5.74, 6) is 0.782. The maximum atomic E-state index is 12.9. The highest BCUT2D eigenvalue weighted by Gasteiger charge is 2.06. The summed E-state index contributed by atoms with van der Waals surface area (Å²) in [6, 6.07) is 20.2. The van der Waals surface area contributed by atoms with Crippen LogP contribution in [0.15, 0.2) is 72.8 Å². The van der Waals surface area contributed by atoms with Crippen LogP contribution in [0.2, 0.25) is 0 Å². The van der Waals surface area contributed by atoms with Crippen LogP contribution in [0.3, 0.4) is 0 Å². The third-order valence-electron chi connectivity index (χ3n) is 3.44. The summed E-state index contributed by atoms with van der Waals surface area (Å²) in [7, 11) is 0. The zero-order valence-electron chi connectivity index (χ0n) is 13.1. The molecule has 0 fully saturated rings. The lowest BCUT2D eigenvalue weighted by molar-refractivity contribution is 0.102. The maximum absolute atomic E-state index is 12.9. The van der Waals surface area contributed by atoms with Gasteiger partial charge in [-0.1, -0.05) is 12.1 Å². The van der Waals surface area contributed by atoms with E-state index in [4.69, 9.17) is 4.74 Å². The average Bonchev–Trinajstić information content (AvgIpc) is 2.57. The van der Waals surface area contributed by atoms with Crippen molar-refractivity contribution >= 4 is 11.6 Å². The highest BCUT2D eigenvalue weighted by Crippen LogP contribution is 2.23. The van der Waals surface area contributed by atoms with E-state index in [1.165, 1.54) is 24.3 Å². The molecule has 1 N–H and O–H groups in total. The first kappa shape index (κ1) is 15.7. The second kappa shape index (κ2) is 6.96. The number of halogens is 1. The van der Waals surface area contributed by atoms with Crippen LogP contribution in [0.5, 0.6) is 11.5 Å². The van der Waals surface area contributed by atoms with Crippen molar-refractivity contribution < 1.29 is 13.9 Å². The van der Waals surface area contributed by atoms with Crippen molar-refractivity contribution in [3.63, 3.8) is 0 Å². The van der Waals surface area contributed by atoms with E-state index < -0.39 is 0 Å². The first-order chi connectivity index (χ1) is 11.6. The molecule has 0 spiro atoms. The third kappa shape index (κ3) is 3.98. The topological polar surface area (TPSA) is 38.3 Å². The van der Waals surface area contributed by atoms with Crippen molar-refractivity contribution in [1.29, 1.82) is 0 Å². The van der Waals surface area contributed by atoms with Gasteiger partial charge in [0.15, 0.2) is 0 Å². The van der Waals surface area contributed by atoms with E-state index in [9.17, 15) is 9.18 Å². The molecule has 3 rings (SSSR count). The first-order valence-electron chi connectivity index (χ1n) is 7.52. The molecule has 3 aromatic carbocycles. The molecule has 0 aliphatic heterocycles. The normalized spacial score (nSPS) is 10.2. The Labute approximate surface area is 139 Å². The summed E-state index contributed by atoms with van der Waals surface area (Å²) in [6.07, 6.45) is 0. The number of carbonyl (C=O) groups excluding carboxylic acids is 1. The second-order valence-corrected chi connectivity index (χ2v) is 5.40. The molecular weight excluding hydrogens is 305 g/mol. The molecule has 0 unspecified atom stereocenters. The van der Waals surface area contributed by atoms with Gasteiger partial charge in [-0.2, -0.15) is 0 Å². The Balaban J connectivity index is 1.66. The zero-order chi connectivity index (χ0) is 16.9. The number of amides is 1. The average molecular weight is 321 g/mol. The van der Waals surface area contributed by atoms with Gasteiger partial charge in [-0.05, 0) is 73.2 Å². The number of anilines is 1. The van der Waals surface area contributed by atoms with Gasteiger partial charge in [-0.15, -0.1) is 0 Å². The van der Waals surface area contributed by atoms with Gasteiger partial charge < -0.3 is 10.1 Å². The van der Waals surface area contributed by atoms with E-state index in [1.807, 2.05) is 31.2 Å². The van der Waals surface area contributed by atoms with Crippen LogP contribution < -0.4 is 10.1 Å². The Hall–Kier alpha value is -3.14. The standard InChI is InChI=1S/C20H16FNO2/c1-14-3-2-4-19(13-14)24-18-11-9-17(10-12-18)22-20(23)15-5-7-16(21)8-6-15/h2-13H,1H3,(H,22,23). The lowest BCUT2D eigenvalue weighted by atomic mass is 10.2. The molecule has 24 heavy (non-hydrogen) atoms. The van der Waals surface area contributed by atoms with Gasteiger partial charge in [0.2, 0.25) is 0 Å². The molecule has 3 aromatic rings. The van der Waals surface area contributed by atoms with E-state index in [-0.39, 0.29) is 11.7 Å². The predicted octanol–water partition coefficient (Wildman–Crippen LogP) is 5.18. The third-order valence-corrected chi connectivity index (χ3v) is 3.44. The van der Waals surface area contributed by atoms with Crippen LogP contribution in [-0.4, -0.2) is 5.91 Å². The van der Waals surface area contributed by atoms with E-state index in [0.29, 0.717) is 17.0 Å². The maximum Gasteiger partial charge on any atom is 0.255 e. The quantitative estimate of drug-likeness (QED) is 0.719. The van der Waals surface area contributed by atoms with Crippen LogP contribution in [0.25, 0.3) is 0 Å². The van der Waals surface area contributed by atoms with E-state index in [0.717, 1.165) is 11.3 Å². The summed E-state index contributed by atoms with van der Waals surface area (Å²) in [6.45, 7) is 2.00. The van der Waals surface area contributed by atoms with Gasteiger partial charge in [0.25, 0.3) is 5.91 Å². The monoisotopic (exact) mass is 321 g/mol. The minimum Gasteiger partial charge on any atom is -0.457 e. The van der Waals surface area contributed by atoms with Crippen molar-refractivity contribution in [1.82, 2.24) is 0 Å². The predicted molar refractivity (Wildman–Crippen MR) is 92.0 cm³/mol. The molecule has 0 saturated heterocycles. The number of aryl methyl sites for hydroxylation is 1. The molecule has 0 heterocycles. The number of ether oxygens (including phenoxy) is 1. The Morgan fingerprint density at radius 2 is 1.62 bits per heavy atom. The summed E-state index contributed by atoms with van der Waals surface area (Å²) in [5, 5.41) is 2.76. The molecule has 0 bridgehead atoms. The highest BCUT2D eigenvalue weighted by molar-refractivity contribution is 6.04. The molecule has 0 aromatic heterocycles. The molecule has 3 nitrogen and oxygen atoms in total. The number of hydrogen-bond acceptors (Lipinski definition) is 2. The molecule has 4 heteroatoms. The fourth-order valence-corrected chi connectivity index (χ4v) is 2.23. The summed E-state index contributed by atoms with van der Waals surface area (Å²) < 4.78 is 18.6. The molecule has 1 amide bonds. The van der Waals surface area contributed by atoms with Gasteiger partial charge >= 0.3 is 0 Å². The fraction of sp³-hybridized carbons (Fsp3) is 0.0500. The van der Waals surface area contributed by atoms with Crippen molar-refractivity contribution in [2.75, 3.05) is 5.32 Å². The fourth-order valence-electron chi connectivity index (χ4n) is 2.23. The zero-order valence-corrected chi connectivity index (χ0v) is 13.1. The van der Waals surface area contributed by atoms with Crippen molar-refractivity contribution in [3.05, 3.63) is 89.7 Å². The Morgan fingerprint density at radius 1 is 0.917 bits per heavy atom. The van der Waals surface area contributed by atoms with Crippen molar-refractivity contribution in [3.8, 4) is 11.5 Å². The smallest absolute Gasteiger partial charge is 0.255 e. The minimum absolute atomic E-state index is 0.289. The highest BCUT2D eigenvalue weighted by atomic mass is 19.1. The Morgan fingerprint density at radius 3 is 2.29 bits per heavy atom. The van der Waals surface area contributed by atoms with Crippen LogP contribution >= 0.6 is 0 Å². The molecular formula is C20H16FNO2. The molecule has 0 atom stereocenters. The SMILES string of the molecule is Cc1cccc(Oc2ccc(NC(=O)c3ccc(F)cc3)cc2)c1. The number of rotatable bonds is 4. The lowest BCUT2D eigenvalue weighted by Crippen LogP contribution is -2.11. The van der Waals surface area contributed by atoms with Crippen LogP contribution in [0, 0.1) is 12.7 Å². The Bertz CT molecular complexity index is 842. The second-order valence-electron chi connectivity index (χ2n) is 5.40. The number of benzene rings is 3. The molecule has 0 saturated carbocycles. The van der Waals surface area contributed by atoms with E-state index in [2.05, 4.69) is 5.32 Å².